The van der Waals surface area contributed by atoms with E-state index in [-0.39, 0.29) is 27.3 Å². The first kappa shape index (κ1) is 27.5. The summed E-state index contributed by atoms with van der Waals surface area (Å²) in [6.45, 7) is 3.43. The van der Waals surface area contributed by atoms with Crippen LogP contribution in [0.2, 0.25) is 5.02 Å². The lowest BCUT2D eigenvalue weighted by Crippen LogP contribution is -2.45. The maximum atomic E-state index is 13.3. The summed E-state index contributed by atoms with van der Waals surface area (Å²) in [6, 6.07) is 3.62. The van der Waals surface area contributed by atoms with Gasteiger partial charge in [-0.3, -0.25) is 9.59 Å². The zero-order valence-corrected chi connectivity index (χ0v) is 20.3. The SMILES string of the molecule is C=C/C(=C(\C=C(/C)C(F)(F)F)OC[C@H](NS(=O)(=O)C1CC1)C(=O)O)c1cc(=O)c2cccc(Cl)c2o1. The van der Waals surface area contributed by atoms with Crippen molar-refractivity contribution >= 4 is 44.1 Å². The van der Waals surface area contributed by atoms with Crippen LogP contribution in [0.25, 0.3) is 16.5 Å². The smallest absolute Gasteiger partial charge is 0.412 e. The molecule has 1 atom stereocenters. The molecule has 0 saturated heterocycles. The molecule has 0 unspecified atom stereocenters. The van der Waals surface area contributed by atoms with Crippen LogP contribution >= 0.6 is 11.6 Å². The number of para-hydroxylation sites is 1. The third kappa shape index (κ3) is 6.37. The Hall–Kier alpha value is -3.09. The predicted molar refractivity (Wildman–Crippen MR) is 127 cm³/mol. The first-order valence-electron chi connectivity index (χ1n) is 10.5. The monoisotopic (exact) mass is 547 g/mol. The fraction of sp³-hybridized carbons (Fsp3) is 0.304. The number of fused-ring (bicyclic) bond motifs is 1. The van der Waals surface area contributed by atoms with E-state index in [0.717, 1.165) is 19.1 Å². The molecule has 1 fully saturated rings. The summed E-state index contributed by atoms with van der Waals surface area (Å²) in [4.78, 5) is 24.2. The normalized spacial score (nSPS) is 16.4. The van der Waals surface area contributed by atoms with Crippen molar-refractivity contribution < 1.29 is 40.6 Å². The van der Waals surface area contributed by atoms with Crippen molar-refractivity contribution in [2.75, 3.05) is 6.61 Å². The van der Waals surface area contributed by atoms with Gasteiger partial charge < -0.3 is 14.3 Å². The van der Waals surface area contributed by atoms with E-state index in [2.05, 4.69) is 6.58 Å². The number of carbonyl (C=O) groups is 1. The van der Waals surface area contributed by atoms with E-state index in [1.54, 1.807) is 0 Å². The second kappa shape index (κ2) is 10.5. The lowest BCUT2D eigenvalue weighted by atomic mass is 10.1. The quantitative estimate of drug-likeness (QED) is 0.334. The van der Waals surface area contributed by atoms with Gasteiger partial charge in [-0.15, -0.1) is 0 Å². The van der Waals surface area contributed by atoms with Crippen LogP contribution in [0.1, 0.15) is 25.5 Å². The molecule has 0 radical (unpaired) electrons. The van der Waals surface area contributed by atoms with Crippen molar-refractivity contribution in [3.63, 3.8) is 0 Å². The number of rotatable bonds is 10. The average Bonchev–Trinajstić information content (AvgIpc) is 3.63. The van der Waals surface area contributed by atoms with E-state index in [4.69, 9.17) is 20.8 Å². The number of hydrogen-bond donors (Lipinski definition) is 2. The Labute approximate surface area is 208 Å². The molecule has 1 saturated carbocycles. The number of carboxylic acid groups (broad SMARTS) is 1. The van der Waals surface area contributed by atoms with Crippen LogP contribution in [0, 0.1) is 0 Å². The van der Waals surface area contributed by atoms with Crippen LogP contribution in [0.15, 0.2) is 63.5 Å². The van der Waals surface area contributed by atoms with Crippen molar-refractivity contribution in [2.45, 2.75) is 37.2 Å². The van der Waals surface area contributed by atoms with Crippen molar-refractivity contribution in [3.05, 3.63) is 75.3 Å². The Bertz CT molecular complexity index is 1420. The largest absolute Gasteiger partial charge is 0.491 e. The minimum absolute atomic E-state index is 0.0301. The first-order valence-corrected chi connectivity index (χ1v) is 12.4. The molecule has 1 aromatic carbocycles. The molecule has 2 aromatic rings. The molecule has 0 amide bonds. The second-order valence-corrected chi connectivity index (χ2v) is 10.4. The molecule has 1 heterocycles. The van der Waals surface area contributed by atoms with E-state index in [9.17, 15) is 36.3 Å². The van der Waals surface area contributed by atoms with Gasteiger partial charge in [0.25, 0.3) is 0 Å². The lowest BCUT2D eigenvalue weighted by molar-refractivity contribution is -0.140. The minimum atomic E-state index is -4.77. The Morgan fingerprint density at radius 2 is 2.06 bits per heavy atom. The van der Waals surface area contributed by atoms with Gasteiger partial charge in [-0.1, -0.05) is 30.3 Å². The van der Waals surface area contributed by atoms with Crippen molar-refractivity contribution in [2.24, 2.45) is 0 Å². The molecule has 1 aromatic heterocycles. The molecule has 3 rings (SSSR count). The van der Waals surface area contributed by atoms with E-state index in [0.29, 0.717) is 18.9 Å². The van der Waals surface area contributed by atoms with Crippen molar-refractivity contribution in [1.29, 1.82) is 0 Å². The third-order valence-electron chi connectivity index (χ3n) is 5.21. The summed E-state index contributed by atoms with van der Waals surface area (Å²) in [5, 5.41) is 8.91. The zero-order valence-electron chi connectivity index (χ0n) is 18.8. The van der Waals surface area contributed by atoms with E-state index < -0.39 is 56.8 Å². The maximum Gasteiger partial charge on any atom is 0.412 e. The Morgan fingerprint density at radius 1 is 1.39 bits per heavy atom. The Morgan fingerprint density at radius 3 is 2.61 bits per heavy atom. The van der Waals surface area contributed by atoms with E-state index >= 15 is 0 Å². The van der Waals surface area contributed by atoms with Crippen LogP contribution in [0.3, 0.4) is 0 Å². The average molecular weight is 548 g/mol. The third-order valence-corrected chi connectivity index (χ3v) is 7.47. The number of aliphatic carboxylic acids is 1. The van der Waals surface area contributed by atoms with Crippen LogP contribution in [0.5, 0.6) is 0 Å². The van der Waals surface area contributed by atoms with Crippen molar-refractivity contribution in [3.8, 4) is 0 Å². The number of halogens is 4. The van der Waals surface area contributed by atoms with E-state index in [1.807, 2.05) is 4.72 Å². The lowest BCUT2D eigenvalue weighted by Gasteiger charge is -2.18. The summed E-state index contributed by atoms with van der Waals surface area (Å²) in [5.74, 6) is -2.40. The molecule has 1 aliphatic carbocycles. The zero-order chi connectivity index (χ0) is 26.8. The summed E-state index contributed by atoms with van der Waals surface area (Å²) in [7, 11) is -3.96. The highest BCUT2D eigenvalue weighted by Crippen LogP contribution is 2.31. The van der Waals surface area contributed by atoms with Crippen LogP contribution in [0.4, 0.5) is 13.2 Å². The Kier molecular flexibility index (Phi) is 8.01. The molecule has 0 spiro atoms. The molecule has 194 valence electrons. The highest BCUT2D eigenvalue weighted by atomic mass is 35.5. The van der Waals surface area contributed by atoms with Gasteiger partial charge in [0.2, 0.25) is 10.0 Å². The molecule has 1 aliphatic rings. The molecule has 13 heteroatoms. The first-order chi connectivity index (χ1) is 16.7. The molecular weight excluding hydrogens is 527 g/mol. The van der Waals surface area contributed by atoms with Gasteiger partial charge in [0, 0.05) is 11.6 Å². The number of sulfonamides is 1. The summed E-state index contributed by atoms with van der Waals surface area (Å²) >= 11 is 6.11. The number of alkyl halides is 3. The summed E-state index contributed by atoms with van der Waals surface area (Å²) in [6.07, 6.45) is -2.41. The molecule has 2 N–H and O–H groups in total. The molecule has 0 bridgehead atoms. The number of allylic oxidation sites excluding steroid dienone is 4. The maximum absolute atomic E-state index is 13.3. The van der Waals surface area contributed by atoms with Crippen LogP contribution in [-0.4, -0.2) is 43.6 Å². The number of benzene rings is 1. The Balaban J connectivity index is 2.10. The minimum Gasteiger partial charge on any atom is -0.491 e. The summed E-state index contributed by atoms with van der Waals surface area (Å²) in [5.41, 5.74) is -1.92. The standard InChI is InChI=1S/C23H21ClF3NO7S/c1-3-14(20-10-18(29)15-5-4-6-16(24)21(15)35-20)19(9-12(2)23(25,26)27)34-11-17(22(30)31)28-36(32,33)13-7-8-13/h3-6,9-10,13,17,28H,1,7-8,11H2,2H3,(H,30,31)/b12-9+,19-14-/t17-/m0/s1. The summed E-state index contributed by atoms with van der Waals surface area (Å²) < 4.78 is 77.3. The van der Waals surface area contributed by atoms with Crippen LogP contribution in [-0.2, 0) is 19.6 Å². The fourth-order valence-corrected chi connectivity index (χ4v) is 4.80. The fourth-order valence-electron chi connectivity index (χ4n) is 3.08. The molecule has 8 nitrogen and oxygen atoms in total. The van der Waals surface area contributed by atoms with Gasteiger partial charge in [0.05, 0.1) is 21.2 Å². The van der Waals surface area contributed by atoms with Gasteiger partial charge in [0.15, 0.2) is 17.1 Å². The topological polar surface area (TPSA) is 123 Å². The van der Waals surface area contributed by atoms with Crippen LogP contribution < -0.4 is 10.2 Å². The van der Waals surface area contributed by atoms with Gasteiger partial charge >= 0.3 is 12.1 Å². The van der Waals surface area contributed by atoms with Gasteiger partial charge in [-0.05, 0) is 38.0 Å². The highest BCUT2D eigenvalue weighted by Gasteiger charge is 2.39. The van der Waals surface area contributed by atoms with E-state index in [1.165, 1.54) is 18.2 Å². The molecule has 36 heavy (non-hydrogen) atoms. The second-order valence-electron chi connectivity index (χ2n) is 7.96. The molecule has 0 aliphatic heterocycles. The van der Waals surface area contributed by atoms with Gasteiger partial charge in [-0.2, -0.15) is 17.9 Å². The molecular formula is C23H21ClF3NO7S. The predicted octanol–water partition coefficient (Wildman–Crippen LogP) is 4.40. The van der Waals surface area contributed by atoms with Crippen molar-refractivity contribution in [1.82, 2.24) is 4.72 Å². The van der Waals surface area contributed by atoms with Gasteiger partial charge in [0.1, 0.15) is 18.1 Å². The number of nitrogens with one attached hydrogen (secondary N) is 1. The highest BCUT2D eigenvalue weighted by molar-refractivity contribution is 7.90. The number of hydrogen-bond acceptors (Lipinski definition) is 6. The number of ether oxygens (including phenoxy) is 1. The van der Waals surface area contributed by atoms with Gasteiger partial charge in [-0.25, -0.2) is 8.42 Å². The number of carboxylic acids is 1.